The first-order chi connectivity index (χ1) is 14.6. The second-order valence-electron chi connectivity index (χ2n) is 7.40. The maximum atomic E-state index is 13.6. The first kappa shape index (κ1) is 21.6. The van der Waals surface area contributed by atoms with Crippen LogP contribution < -0.4 is 4.90 Å². The molecule has 0 unspecified atom stereocenters. The molecule has 12 heteroatoms. The lowest BCUT2D eigenvalue weighted by Gasteiger charge is -2.32. The van der Waals surface area contributed by atoms with E-state index >= 15 is 0 Å². The van der Waals surface area contributed by atoms with Gasteiger partial charge in [0, 0.05) is 24.7 Å². The van der Waals surface area contributed by atoms with Crippen LogP contribution in [-0.4, -0.2) is 50.7 Å². The normalized spacial score (nSPS) is 15.4. The standard InChI is InChI=1S/C19H17ClF3N5O2S/c1-10(2)11-5-12(19(21,22)23)17-25-15(16(20)28(17)6-11)18(30)26-3-4-27(14(29)7-26)13-8-31-9-24-13/h5-6,8-10H,3-4,7H2,1-2H3. The van der Waals surface area contributed by atoms with Crippen molar-refractivity contribution in [3.63, 3.8) is 0 Å². The minimum absolute atomic E-state index is 0.176. The number of amides is 2. The number of hydrogen-bond donors (Lipinski definition) is 0. The Balaban J connectivity index is 1.69. The minimum Gasteiger partial charge on any atom is -0.326 e. The van der Waals surface area contributed by atoms with Crippen molar-refractivity contribution < 1.29 is 22.8 Å². The maximum absolute atomic E-state index is 13.6. The van der Waals surface area contributed by atoms with Crippen LogP contribution in [-0.2, 0) is 11.0 Å². The number of piperazine rings is 1. The van der Waals surface area contributed by atoms with E-state index < -0.39 is 23.3 Å². The molecule has 2 amide bonds. The van der Waals surface area contributed by atoms with E-state index in [1.54, 1.807) is 24.7 Å². The molecule has 4 rings (SSSR count). The average Bonchev–Trinajstić information content (AvgIpc) is 3.34. The van der Waals surface area contributed by atoms with Gasteiger partial charge >= 0.3 is 6.18 Å². The Morgan fingerprint density at radius 2 is 2.03 bits per heavy atom. The van der Waals surface area contributed by atoms with E-state index in [1.165, 1.54) is 27.3 Å². The van der Waals surface area contributed by atoms with Crippen molar-refractivity contribution in [2.75, 3.05) is 24.5 Å². The van der Waals surface area contributed by atoms with Crippen molar-refractivity contribution in [3.8, 4) is 0 Å². The zero-order chi connectivity index (χ0) is 22.5. The second kappa shape index (κ2) is 7.79. The Kier molecular flexibility index (Phi) is 5.42. The highest BCUT2D eigenvalue weighted by atomic mass is 35.5. The number of carbonyl (C=O) groups excluding carboxylic acids is 2. The Morgan fingerprint density at radius 3 is 2.61 bits per heavy atom. The first-order valence-electron chi connectivity index (χ1n) is 9.34. The number of rotatable bonds is 3. The van der Waals surface area contributed by atoms with E-state index in [0.717, 1.165) is 10.5 Å². The van der Waals surface area contributed by atoms with E-state index in [1.807, 2.05) is 0 Å². The monoisotopic (exact) mass is 471 g/mol. The number of thiazole rings is 1. The van der Waals surface area contributed by atoms with E-state index in [9.17, 15) is 22.8 Å². The highest BCUT2D eigenvalue weighted by molar-refractivity contribution is 7.07. The van der Waals surface area contributed by atoms with Crippen molar-refractivity contribution in [1.29, 1.82) is 0 Å². The van der Waals surface area contributed by atoms with Crippen molar-refractivity contribution in [2.24, 2.45) is 0 Å². The molecule has 1 aliphatic heterocycles. The van der Waals surface area contributed by atoms with Gasteiger partial charge < -0.3 is 4.90 Å². The van der Waals surface area contributed by atoms with Crippen LogP contribution >= 0.6 is 22.9 Å². The fourth-order valence-corrected chi connectivity index (χ4v) is 4.17. The number of anilines is 1. The van der Waals surface area contributed by atoms with E-state index in [0.29, 0.717) is 11.4 Å². The van der Waals surface area contributed by atoms with Gasteiger partial charge in [-0.3, -0.25) is 18.9 Å². The van der Waals surface area contributed by atoms with Gasteiger partial charge in [-0.1, -0.05) is 25.4 Å². The van der Waals surface area contributed by atoms with Gasteiger partial charge in [0.1, 0.15) is 17.5 Å². The number of pyridine rings is 1. The first-order valence-corrected chi connectivity index (χ1v) is 10.7. The van der Waals surface area contributed by atoms with Gasteiger partial charge in [-0.25, -0.2) is 9.97 Å². The molecule has 0 radical (unpaired) electrons. The molecule has 1 fully saturated rings. The van der Waals surface area contributed by atoms with Gasteiger partial charge in [-0.2, -0.15) is 13.2 Å². The van der Waals surface area contributed by atoms with Crippen LogP contribution in [0, 0.1) is 0 Å². The Labute approximate surface area is 184 Å². The largest absolute Gasteiger partial charge is 0.419 e. The zero-order valence-electron chi connectivity index (χ0n) is 16.5. The SMILES string of the molecule is CC(C)c1cc(C(F)(F)F)c2nc(C(=O)N3CCN(c4cscn4)C(=O)C3)c(Cl)n2c1. The lowest BCUT2D eigenvalue weighted by molar-refractivity contribution is -0.136. The number of alkyl halides is 3. The number of halogens is 4. The molecule has 31 heavy (non-hydrogen) atoms. The molecule has 0 aliphatic carbocycles. The quantitative estimate of drug-likeness (QED) is 0.577. The summed E-state index contributed by atoms with van der Waals surface area (Å²) in [6, 6.07) is 1.02. The highest BCUT2D eigenvalue weighted by Gasteiger charge is 2.37. The Bertz CT molecular complexity index is 1160. The molecule has 4 heterocycles. The summed E-state index contributed by atoms with van der Waals surface area (Å²) < 4.78 is 42.0. The van der Waals surface area contributed by atoms with Gasteiger partial charge in [0.05, 0.1) is 11.1 Å². The highest BCUT2D eigenvalue weighted by Crippen LogP contribution is 2.36. The molecule has 1 aliphatic rings. The van der Waals surface area contributed by atoms with Crippen molar-refractivity contribution in [1.82, 2.24) is 19.3 Å². The maximum Gasteiger partial charge on any atom is 0.419 e. The molecule has 164 valence electrons. The molecule has 3 aromatic heterocycles. The van der Waals surface area contributed by atoms with Crippen LogP contribution in [0.3, 0.4) is 0 Å². The molecule has 1 saturated heterocycles. The van der Waals surface area contributed by atoms with Crippen LogP contribution in [0.1, 0.15) is 41.4 Å². The van der Waals surface area contributed by atoms with Crippen LogP contribution in [0.15, 0.2) is 23.2 Å². The number of carbonyl (C=O) groups is 2. The molecule has 0 aromatic carbocycles. The molecule has 3 aromatic rings. The minimum atomic E-state index is -4.67. The third-order valence-corrected chi connectivity index (χ3v) is 6.00. The number of fused-ring (bicyclic) bond motifs is 1. The van der Waals surface area contributed by atoms with Crippen molar-refractivity contribution in [2.45, 2.75) is 25.9 Å². The van der Waals surface area contributed by atoms with E-state index in [2.05, 4.69) is 9.97 Å². The summed E-state index contributed by atoms with van der Waals surface area (Å²) in [7, 11) is 0. The fourth-order valence-electron chi connectivity index (χ4n) is 3.38. The third-order valence-electron chi connectivity index (χ3n) is 5.06. The molecule has 0 N–H and O–H groups in total. The molecule has 7 nitrogen and oxygen atoms in total. The topological polar surface area (TPSA) is 70.8 Å². The molecular formula is C19H17ClF3N5O2S. The summed E-state index contributed by atoms with van der Waals surface area (Å²) in [5.74, 6) is -0.730. The van der Waals surface area contributed by atoms with Crippen LogP contribution in [0.5, 0.6) is 0 Å². The smallest absolute Gasteiger partial charge is 0.326 e. The van der Waals surface area contributed by atoms with Crippen LogP contribution in [0.4, 0.5) is 19.0 Å². The predicted octanol–water partition coefficient (Wildman–Crippen LogP) is 4.08. The van der Waals surface area contributed by atoms with Gasteiger partial charge in [0.25, 0.3) is 5.91 Å². The summed E-state index contributed by atoms with van der Waals surface area (Å²) in [6.45, 7) is 3.65. The molecule has 0 bridgehead atoms. The fraction of sp³-hybridized carbons (Fsp3) is 0.368. The van der Waals surface area contributed by atoms with Crippen molar-refractivity contribution in [3.05, 3.63) is 45.1 Å². The summed E-state index contributed by atoms with van der Waals surface area (Å²) in [6.07, 6.45) is -3.22. The number of imidazole rings is 1. The summed E-state index contributed by atoms with van der Waals surface area (Å²) in [5, 5.41) is 1.50. The number of hydrogen-bond acceptors (Lipinski definition) is 5. The number of nitrogens with zero attached hydrogens (tertiary/aromatic N) is 5. The summed E-state index contributed by atoms with van der Waals surface area (Å²) in [5.41, 5.74) is 0.273. The lowest BCUT2D eigenvalue weighted by atomic mass is 10.0. The summed E-state index contributed by atoms with van der Waals surface area (Å²) in [4.78, 5) is 36.2. The zero-order valence-corrected chi connectivity index (χ0v) is 18.1. The van der Waals surface area contributed by atoms with Gasteiger partial charge in [0.2, 0.25) is 5.91 Å². The van der Waals surface area contributed by atoms with Crippen molar-refractivity contribution >= 4 is 46.2 Å². The molecule has 0 saturated carbocycles. The van der Waals surface area contributed by atoms with Gasteiger partial charge in [-0.15, -0.1) is 11.3 Å². The Morgan fingerprint density at radius 1 is 1.29 bits per heavy atom. The predicted molar refractivity (Wildman–Crippen MR) is 110 cm³/mol. The van der Waals surface area contributed by atoms with Crippen LogP contribution in [0.25, 0.3) is 5.65 Å². The average molecular weight is 472 g/mol. The Hall–Kier alpha value is -2.66. The summed E-state index contributed by atoms with van der Waals surface area (Å²) >= 11 is 7.64. The molecule has 0 atom stereocenters. The van der Waals surface area contributed by atoms with Gasteiger partial charge in [0.15, 0.2) is 11.3 Å². The molecule has 0 spiro atoms. The van der Waals surface area contributed by atoms with Crippen LogP contribution in [0.2, 0.25) is 5.15 Å². The second-order valence-corrected chi connectivity index (χ2v) is 8.48. The lowest BCUT2D eigenvalue weighted by Crippen LogP contribution is -2.52. The number of aromatic nitrogens is 3. The molecular weight excluding hydrogens is 455 g/mol. The van der Waals surface area contributed by atoms with Gasteiger partial charge in [-0.05, 0) is 17.5 Å². The third kappa shape index (κ3) is 3.87. The van der Waals surface area contributed by atoms with E-state index in [4.69, 9.17) is 11.6 Å². The van der Waals surface area contributed by atoms with E-state index in [-0.39, 0.29) is 42.3 Å².